The summed E-state index contributed by atoms with van der Waals surface area (Å²) in [4.78, 5) is 25.3. The van der Waals surface area contributed by atoms with Crippen molar-refractivity contribution in [2.45, 2.75) is 13.3 Å². The third-order valence-corrected chi connectivity index (χ3v) is 6.20. The zero-order valence-electron chi connectivity index (χ0n) is 17.8. The quantitative estimate of drug-likeness (QED) is 0.373. The highest BCUT2D eigenvalue weighted by molar-refractivity contribution is 8.26. The van der Waals surface area contributed by atoms with Crippen LogP contribution in [0.3, 0.4) is 0 Å². The van der Waals surface area contributed by atoms with Crippen molar-refractivity contribution in [2.75, 3.05) is 13.2 Å². The Bertz CT molecular complexity index is 1220. The number of carbonyl (C=O) groups excluding carboxylic acids is 1. The molecular weight excluding hydrogens is 458 g/mol. The standard InChI is InChI=1S/C24H21N3O4S2/c1-2-12-31-19-10-8-16(9-11-19)22-17(14-27(25-22)18-6-4-3-5-7-18)13-20-23(30)26(15-21(28)29)24(32)33-20/h3-11,13-14H,2,12,15H2,1H3,(H,28,29)/b20-13-. The first-order valence-corrected chi connectivity index (χ1v) is 11.5. The number of carbonyl (C=O) groups is 2. The number of benzene rings is 2. The number of carboxylic acids is 1. The number of thiocarbonyl (C=S) groups is 1. The van der Waals surface area contributed by atoms with Gasteiger partial charge in [-0.3, -0.25) is 14.5 Å². The number of carboxylic acid groups (broad SMARTS) is 1. The van der Waals surface area contributed by atoms with Gasteiger partial charge in [-0.05, 0) is 48.9 Å². The average molecular weight is 480 g/mol. The molecule has 33 heavy (non-hydrogen) atoms. The van der Waals surface area contributed by atoms with Gasteiger partial charge in [0.15, 0.2) is 0 Å². The van der Waals surface area contributed by atoms with Gasteiger partial charge >= 0.3 is 5.97 Å². The normalized spacial score (nSPS) is 14.8. The second kappa shape index (κ2) is 10.0. The van der Waals surface area contributed by atoms with Gasteiger partial charge in [-0.25, -0.2) is 4.68 Å². The molecule has 0 saturated carbocycles. The van der Waals surface area contributed by atoms with Crippen molar-refractivity contribution < 1.29 is 19.4 Å². The molecule has 1 aliphatic rings. The topological polar surface area (TPSA) is 84.7 Å². The molecule has 7 nitrogen and oxygen atoms in total. The van der Waals surface area contributed by atoms with Crippen molar-refractivity contribution in [1.82, 2.24) is 14.7 Å². The first-order valence-electron chi connectivity index (χ1n) is 10.3. The minimum Gasteiger partial charge on any atom is -0.494 e. The monoisotopic (exact) mass is 479 g/mol. The van der Waals surface area contributed by atoms with Crippen LogP contribution < -0.4 is 4.74 Å². The Morgan fingerprint density at radius 3 is 2.58 bits per heavy atom. The number of amides is 1. The van der Waals surface area contributed by atoms with E-state index >= 15 is 0 Å². The molecule has 1 amide bonds. The summed E-state index contributed by atoms with van der Waals surface area (Å²) in [7, 11) is 0. The van der Waals surface area contributed by atoms with E-state index in [1.165, 1.54) is 0 Å². The number of ether oxygens (including phenoxy) is 1. The maximum atomic E-state index is 12.8. The second-order valence-electron chi connectivity index (χ2n) is 7.25. The summed E-state index contributed by atoms with van der Waals surface area (Å²) in [5.74, 6) is -0.760. The van der Waals surface area contributed by atoms with Crippen molar-refractivity contribution in [3.05, 3.63) is 71.3 Å². The molecule has 3 aromatic rings. The second-order valence-corrected chi connectivity index (χ2v) is 8.92. The Labute approximate surface area is 200 Å². The van der Waals surface area contributed by atoms with Gasteiger partial charge in [0.05, 0.1) is 22.9 Å². The highest BCUT2D eigenvalue weighted by Gasteiger charge is 2.33. The first kappa shape index (κ1) is 22.8. The summed E-state index contributed by atoms with van der Waals surface area (Å²) >= 11 is 6.30. The molecule has 2 heterocycles. The summed E-state index contributed by atoms with van der Waals surface area (Å²) in [5, 5.41) is 13.8. The minimum atomic E-state index is -1.12. The number of rotatable bonds is 8. The molecule has 4 rings (SSSR count). The molecule has 9 heteroatoms. The van der Waals surface area contributed by atoms with Crippen LogP contribution in [-0.4, -0.2) is 49.1 Å². The molecule has 0 radical (unpaired) electrons. The van der Waals surface area contributed by atoms with E-state index in [2.05, 4.69) is 6.92 Å². The van der Waals surface area contributed by atoms with Crippen LogP contribution in [0.25, 0.3) is 23.0 Å². The Balaban J connectivity index is 1.73. The Hall–Kier alpha value is -3.43. The summed E-state index contributed by atoms with van der Waals surface area (Å²) in [6, 6.07) is 17.3. The predicted molar refractivity (Wildman–Crippen MR) is 132 cm³/mol. The summed E-state index contributed by atoms with van der Waals surface area (Å²) in [6.07, 6.45) is 4.48. The third kappa shape index (κ3) is 5.15. The highest BCUT2D eigenvalue weighted by Crippen LogP contribution is 2.35. The largest absolute Gasteiger partial charge is 0.494 e. The Kier molecular flexibility index (Phi) is 6.90. The van der Waals surface area contributed by atoms with Crippen molar-refractivity contribution >= 4 is 46.3 Å². The van der Waals surface area contributed by atoms with Gasteiger partial charge in [0, 0.05) is 17.3 Å². The molecule has 1 saturated heterocycles. The van der Waals surface area contributed by atoms with Gasteiger partial charge in [-0.1, -0.05) is 49.1 Å². The van der Waals surface area contributed by atoms with Gasteiger partial charge in [0.1, 0.15) is 16.6 Å². The molecular formula is C24H21N3O4S2. The highest BCUT2D eigenvalue weighted by atomic mass is 32.2. The van der Waals surface area contributed by atoms with Crippen molar-refractivity contribution in [3.8, 4) is 22.7 Å². The van der Waals surface area contributed by atoms with Crippen LogP contribution in [0.1, 0.15) is 18.9 Å². The third-order valence-electron chi connectivity index (χ3n) is 4.82. The van der Waals surface area contributed by atoms with Crippen LogP contribution in [-0.2, 0) is 9.59 Å². The number of para-hydroxylation sites is 1. The van der Waals surface area contributed by atoms with E-state index in [4.69, 9.17) is 27.2 Å². The van der Waals surface area contributed by atoms with Gasteiger partial charge in [0.2, 0.25) is 0 Å². The van der Waals surface area contributed by atoms with Crippen LogP contribution in [0.2, 0.25) is 0 Å². The average Bonchev–Trinajstić information content (AvgIpc) is 3.35. The van der Waals surface area contributed by atoms with Gasteiger partial charge in [-0.15, -0.1) is 0 Å². The Morgan fingerprint density at radius 2 is 1.91 bits per heavy atom. The van der Waals surface area contributed by atoms with Crippen LogP contribution in [0.5, 0.6) is 5.75 Å². The number of thioether (sulfide) groups is 1. The van der Waals surface area contributed by atoms with Crippen LogP contribution >= 0.6 is 24.0 Å². The van der Waals surface area contributed by atoms with Crippen molar-refractivity contribution in [1.29, 1.82) is 0 Å². The fraction of sp³-hybridized carbons (Fsp3) is 0.167. The lowest BCUT2D eigenvalue weighted by Gasteiger charge is -2.10. The molecule has 0 spiro atoms. The lowest BCUT2D eigenvalue weighted by molar-refractivity contribution is -0.140. The number of aliphatic carboxylic acids is 1. The van der Waals surface area contributed by atoms with E-state index in [9.17, 15) is 9.59 Å². The van der Waals surface area contributed by atoms with Crippen molar-refractivity contribution in [2.24, 2.45) is 0 Å². The summed E-state index contributed by atoms with van der Waals surface area (Å²) in [5.41, 5.74) is 3.14. The molecule has 0 aliphatic carbocycles. The molecule has 0 atom stereocenters. The number of hydrogen-bond donors (Lipinski definition) is 1. The fourth-order valence-electron chi connectivity index (χ4n) is 3.27. The summed E-state index contributed by atoms with van der Waals surface area (Å²) < 4.78 is 7.65. The molecule has 1 aromatic heterocycles. The fourth-order valence-corrected chi connectivity index (χ4v) is 4.52. The molecule has 0 unspecified atom stereocenters. The van der Waals surface area contributed by atoms with E-state index in [1.54, 1.807) is 10.8 Å². The van der Waals surface area contributed by atoms with Crippen LogP contribution in [0.15, 0.2) is 65.7 Å². The molecule has 1 aliphatic heterocycles. The number of nitrogens with zero attached hydrogens (tertiary/aromatic N) is 3. The number of hydrogen-bond acceptors (Lipinski definition) is 6. The van der Waals surface area contributed by atoms with Gasteiger partial charge in [-0.2, -0.15) is 5.10 Å². The summed E-state index contributed by atoms with van der Waals surface area (Å²) in [6.45, 7) is 2.23. The van der Waals surface area contributed by atoms with E-state index in [0.717, 1.165) is 45.6 Å². The molecule has 0 bridgehead atoms. The SMILES string of the molecule is CCCOc1ccc(-c2nn(-c3ccccc3)cc2/C=C2\SC(=S)N(CC(=O)O)C2=O)cc1. The zero-order chi connectivity index (χ0) is 23.4. The maximum absolute atomic E-state index is 12.8. The molecule has 168 valence electrons. The smallest absolute Gasteiger partial charge is 0.323 e. The molecule has 2 aromatic carbocycles. The van der Waals surface area contributed by atoms with Crippen molar-refractivity contribution in [3.63, 3.8) is 0 Å². The van der Waals surface area contributed by atoms with Crippen LogP contribution in [0.4, 0.5) is 0 Å². The lowest BCUT2D eigenvalue weighted by Crippen LogP contribution is -2.33. The predicted octanol–water partition coefficient (Wildman–Crippen LogP) is 4.61. The maximum Gasteiger partial charge on any atom is 0.323 e. The van der Waals surface area contributed by atoms with Gasteiger partial charge in [0.25, 0.3) is 5.91 Å². The Morgan fingerprint density at radius 1 is 1.18 bits per heavy atom. The van der Waals surface area contributed by atoms with E-state index in [-0.39, 0.29) is 4.32 Å². The van der Waals surface area contributed by atoms with E-state index in [1.807, 2.05) is 60.8 Å². The molecule has 1 fully saturated rings. The molecule has 1 N–H and O–H groups in total. The van der Waals surface area contributed by atoms with Crippen LogP contribution in [0, 0.1) is 0 Å². The zero-order valence-corrected chi connectivity index (χ0v) is 19.4. The number of aromatic nitrogens is 2. The van der Waals surface area contributed by atoms with Gasteiger partial charge < -0.3 is 9.84 Å². The minimum absolute atomic E-state index is 0.225. The lowest BCUT2D eigenvalue weighted by atomic mass is 10.1. The van der Waals surface area contributed by atoms with E-state index in [0.29, 0.717) is 17.2 Å². The first-order chi connectivity index (χ1) is 16.0. The van der Waals surface area contributed by atoms with E-state index < -0.39 is 18.4 Å².